The molecule has 1 atom stereocenters. The fourth-order valence-electron chi connectivity index (χ4n) is 2.60. The third-order valence-corrected chi connectivity index (χ3v) is 5.83. The van der Waals surface area contributed by atoms with Gasteiger partial charge in [0.1, 0.15) is 0 Å². The summed E-state index contributed by atoms with van der Waals surface area (Å²) in [7, 11) is -2.92. The molecule has 22 heavy (non-hydrogen) atoms. The molecule has 7 nitrogen and oxygen atoms in total. The molecule has 3 heterocycles. The minimum absolute atomic E-state index is 0.000614. The molecule has 0 amide bonds. The first-order valence-corrected chi connectivity index (χ1v) is 9.28. The van der Waals surface area contributed by atoms with Crippen molar-refractivity contribution in [1.82, 2.24) is 14.7 Å². The predicted molar refractivity (Wildman–Crippen MR) is 82.5 cm³/mol. The van der Waals surface area contributed by atoms with E-state index < -0.39 is 9.84 Å². The van der Waals surface area contributed by atoms with Gasteiger partial charge in [0.25, 0.3) is 10.7 Å². The van der Waals surface area contributed by atoms with Gasteiger partial charge >= 0.3 is 0 Å². The first kappa shape index (κ1) is 15.4. The zero-order valence-electron chi connectivity index (χ0n) is 12.1. The van der Waals surface area contributed by atoms with Crippen molar-refractivity contribution in [1.29, 1.82) is 0 Å². The molecule has 1 saturated heterocycles. The summed E-state index contributed by atoms with van der Waals surface area (Å²) in [5.41, 5.74) is 0. The van der Waals surface area contributed by atoms with Crippen molar-refractivity contribution in [2.45, 2.75) is 26.1 Å². The molecular formula is C13H17N3O4S2. The van der Waals surface area contributed by atoms with Crippen LogP contribution in [0, 0.1) is 4.84 Å². The van der Waals surface area contributed by atoms with Gasteiger partial charge in [-0.05, 0) is 37.3 Å². The van der Waals surface area contributed by atoms with E-state index in [0.717, 1.165) is 0 Å². The van der Waals surface area contributed by atoms with Crippen molar-refractivity contribution < 1.29 is 17.3 Å². The summed E-state index contributed by atoms with van der Waals surface area (Å²) in [5.74, 6) is 1.27. The van der Waals surface area contributed by atoms with E-state index in [1.165, 1.54) is 6.26 Å². The van der Waals surface area contributed by atoms with E-state index in [0.29, 0.717) is 31.3 Å². The molecule has 0 N–H and O–H groups in total. The molecule has 1 aliphatic heterocycles. The van der Waals surface area contributed by atoms with Gasteiger partial charge in [-0.25, -0.2) is 13.1 Å². The van der Waals surface area contributed by atoms with Gasteiger partial charge < -0.3 is 8.83 Å². The Kier molecular flexibility index (Phi) is 4.20. The average molecular weight is 343 g/mol. The second-order valence-electron chi connectivity index (χ2n) is 5.25. The van der Waals surface area contributed by atoms with Gasteiger partial charge in [-0.15, -0.1) is 5.10 Å². The van der Waals surface area contributed by atoms with Gasteiger partial charge in [-0.3, -0.25) is 4.90 Å². The van der Waals surface area contributed by atoms with Crippen LogP contribution in [0.2, 0.25) is 0 Å². The van der Waals surface area contributed by atoms with E-state index in [-0.39, 0.29) is 22.4 Å². The van der Waals surface area contributed by atoms with E-state index in [1.807, 2.05) is 6.92 Å². The van der Waals surface area contributed by atoms with E-state index in [4.69, 9.17) is 21.1 Å². The highest BCUT2D eigenvalue weighted by atomic mass is 32.2. The van der Waals surface area contributed by atoms with Crippen LogP contribution in [0.1, 0.15) is 13.3 Å². The fraction of sp³-hybridized carbons (Fsp3) is 0.538. The van der Waals surface area contributed by atoms with Crippen molar-refractivity contribution in [3.05, 3.63) is 23.2 Å². The first-order valence-electron chi connectivity index (χ1n) is 7.05. The zero-order valence-corrected chi connectivity index (χ0v) is 13.8. The lowest BCUT2D eigenvalue weighted by Crippen LogP contribution is -2.37. The highest BCUT2D eigenvalue weighted by Gasteiger charge is 2.32. The average Bonchev–Trinajstić information content (AvgIpc) is 3.17. The molecule has 0 radical (unpaired) electrons. The topological polar surface area (TPSA) is 81.5 Å². The molecular weight excluding hydrogens is 326 g/mol. The van der Waals surface area contributed by atoms with Crippen molar-refractivity contribution in [3.63, 3.8) is 0 Å². The van der Waals surface area contributed by atoms with E-state index in [9.17, 15) is 8.42 Å². The molecule has 2 aromatic rings. The minimum Gasteiger partial charge on any atom is -0.459 e. The van der Waals surface area contributed by atoms with Gasteiger partial charge in [-0.1, -0.05) is 6.92 Å². The number of hydrogen-bond acceptors (Lipinski definition) is 7. The van der Waals surface area contributed by atoms with Crippen LogP contribution in [-0.2, 0) is 16.5 Å². The molecule has 0 aromatic carbocycles. The monoisotopic (exact) mass is 343 g/mol. The van der Waals surface area contributed by atoms with Gasteiger partial charge in [-0.2, -0.15) is 0 Å². The molecule has 0 bridgehead atoms. The van der Waals surface area contributed by atoms with Crippen molar-refractivity contribution in [2.75, 3.05) is 18.1 Å². The van der Waals surface area contributed by atoms with Gasteiger partial charge in [0.15, 0.2) is 15.6 Å². The highest BCUT2D eigenvalue weighted by molar-refractivity contribution is 7.91. The Morgan fingerprint density at radius 3 is 2.95 bits per heavy atom. The molecule has 3 rings (SSSR count). The number of furan rings is 1. The number of sulfone groups is 1. The SMILES string of the molecule is CCN(Cn1nc(-c2ccco2)oc1=S)[C@@H]1CCS(=O)(=O)C1. The smallest absolute Gasteiger partial charge is 0.288 e. The Bertz CT molecular complexity index is 792. The van der Waals surface area contributed by atoms with Crippen molar-refractivity contribution >= 4 is 22.1 Å². The van der Waals surface area contributed by atoms with Crippen LogP contribution in [0.5, 0.6) is 0 Å². The molecule has 2 aromatic heterocycles. The van der Waals surface area contributed by atoms with Gasteiger partial charge in [0, 0.05) is 6.04 Å². The van der Waals surface area contributed by atoms with Crippen LogP contribution in [-0.4, -0.2) is 47.2 Å². The van der Waals surface area contributed by atoms with Gasteiger partial charge in [0.2, 0.25) is 0 Å². The first-order chi connectivity index (χ1) is 10.5. The third kappa shape index (κ3) is 3.16. The van der Waals surface area contributed by atoms with Crippen LogP contribution in [0.4, 0.5) is 0 Å². The maximum atomic E-state index is 11.6. The summed E-state index contributed by atoms with van der Waals surface area (Å²) < 4.78 is 35.5. The second-order valence-corrected chi connectivity index (χ2v) is 7.83. The van der Waals surface area contributed by atoms with Crippen LogP contribution in [0.3, 0.4) is 0 Å². The summed E-state index contributed by atoms with van der Waals surface area (Å²) in [6.07, 6.45) is 2.18. The predicted octanol–water partition coefficient (Wildman–Crippen LogP) is 1.93. The molecule has 1 aliphatic rings. The second kappa shape index (κ2) is 5.98. The van der Waals surface area contributed by atoms with Crippen LogP contribution in [0.25, 0.3) is 11.7 Å². The molecule has 0 unspecified atom stereocenters. The highest BCUT2D eigenvalue weighted by Crippen LogP contribution is 2.21. The fourth-order valence-corrected chi connectivity index (χ4v) is 4.54. The number of nitrogens with zero attached hydrogens (tertiary/aromatic N) is 3. The van der Waals surface area contributed by atoms with Gasteiger partial charge in [0.05, 0.1) is 24.4 Å². The summed E-state index contributed by atoms with van der Waals surface area (Å²) in [5, 5.41) is 4.31. The summed E-state index contributed by atoms with van der Waals surface area (Å²) in [4.78, 5) is 2.29. The molecule has 9 heteroatoms. The number of aromatic nitrogens is 2. The van der Waals surface area contributed by atoms with Crippen molar-refractivity contribution in [2.24, 2.45) is 0 Å². The van der Waals surface area contributed by atoms with E-state index in [2.05, 4.69) is 10.00 Å². The lowest BCUT2D eigenvalue weighted by atomic mass is 10.2. The quantitative estimate of drug-likeness (QED) is 0.767. The Balaban J connectivity index is 1.78. The summed E-state index contributed by atoms with van der Waals surface area (Å²) in [6.45, 7) is 3.10. The standard InChI is InChI=1S/C13H17N3O4S2/c1-2-15(10-5-7-22(17,18)8-10)9-16-13(21)20-12(14-16)11-4-3-6-19-11/h3-4,6,10H,2,5,7-9H2,1H3/t10-/m1/s1. The van der Waals surface area contributed by atoms with E-state index in [1.54, 1.807) is 16.8 Å². The lowest BCUT2D eigenvalue weighted by Gasteiger charge is -2.25. The van der Waals surface area contributed by atoms with E-state index >= 15 is 0 Å². The maximum absolute atomic E-state index is 11.6. The Morgan fingerprint density at radius 1 is 1.55 bits per heavy atom. The molecule has 0 spiro atoms. The van der Waals surface area contributed by atoms with Crippen LogP contribution >= 0.6 is 12.2 Å². The Labute approximate surface area is 133 Å². The molecule has 0 aliphatic carbocycles. The number of hydrogen-bond donors (Lipinski definition) is 0. The largest absolute Gasteiger partial charge is 0.459 e. The number of rotatable bonds is 5. The van der Waals surface area contributed by atoms with Crippen LogP contribution < -0.4 is 0 Å². The molecule has 0 saturated carbocycles. The maximum Gasteiger partial charge on any atom is 0.288 e. The normalized spacial score (nSPS) is 20.7. The minimum atomic E-state index is -2.92. The molecule has 1 fully saturated rings. The lowest BCUT2D eigenvalue weighted by molar-refractivity contribution is 0.162. The Hall–Kier alpha value is -1.45. The molecule has 120 valence electrons. The summed E-state index contributed by atoms with van der Waals surface area (Å²) >= 11 is 5.18. The zero-order chi connectivity index (χ0) is 15.7. The van der Waals surface area contributed by atoms with Crippen LogP contribution in [0.15, 0.2) is 27.2 Å². The Morgan fingerprint density at radius 2 is 2.36 bits per heavy atom. The summed E-state index contributed by atoms with van der Waals surface area (Å²) in [6, 6.07) is 3.49. The van der Waals surface area contributed by atoms with Crippen molar-refractivity contribution in [3.8, 4) is 11.7 Å². The third-order valence-electron chi connectivity index (χ3n) is 3.78.